The molecule has 6 nitrogen and oxygen atoms in total. The van der Waals surface area contributed by atoms with Crippen molar-refractivity contribution in [1.29, 1.82) is 5.26 Å². The van der Waals surface area contributed by atoms with Gasteiger partial charge in [-0.1, -0.05) is 11.8 Å². The third-order valence-electron chi connectivity index (χ3n) is 5.81. The van der Waals surface area contributed by atoms with E-state index >= 15 is 0 Å². The summed E-state index contributed by atoms with van der Waals surface area (Å²) in [6.07, 6.45) is 8.16. The normalized spacial score (nSPS) is 21.4. The Morgan fingerprint density at radius 1 is 1.35 bits per heavy atom. The number of benzene rings is 1. The Balaban J connectivity index is 1.38. The predicted molar refractivity (Wildman–Crippen MR) is 116 cm³/mol. The Kier molecular flexibility index (Phi) is 4.84. The van der Waals surface area contributed by atoms with Gasteiger partial charge in [0.25, 0.3) is 0 Å². The zero-order chi connectivity index (χ0) is 21.6. The van der Waals surface area contributed by atoms with E-state index in [1.807, 2.05) is 6.07 Å². The molecular weight excluding hydrogens is 433 g/mol. The largest absolute Gasteiger partial charge is 0.448 e. The van der Waals surface area contributed by atoms with Crippen molar-refractivity contribution < 1.29 is 13.8 Å². The van der Waals surface area contributed by atoms with E-state index in [1.165, 1.54) is 39.8 Å². The van der Waals surface area contributed by atoms with Crippen LogP contribution in [0, 0.1) is 23.2 Å². The molecule has 2 fully saturated rings. The first kappa shape index (κ1) is 19.8. The molecule has 3 aromatic rings. The molecular formula is C22H17FN5OS2+. The fraction of sp³-hybridized carbons (Fsp3) is 0.227. The summed E-state index contributed by atoms with van der Waals surface area (Å²) >= 11 is 2.80. The number of hydrogen-bond acceptors (Lipinski definition) is 7. The lowest BCUT2D eigenvalue weighted by atomic mass is 10.2. The summed E-state index contributed by atoms with van der Waals surface area (Å²) in [6, 6.07) is 8.20. The van der Waals surface area contributed by atoms with Crippen LogP contribution in [-0.2, 0) is 0 Å². The topological polar surface area (TPSA) is 72.9 Å². The average molecular weight is 451 g/mol. The molecule has 0 N–H and O–H groups in total. The third kappa shape index (κ3) is 3.52. The van der Waals surface area contributed by atoms with Crippen LogP contribution >= 0.6 is 23.1 Å². The Labute approximate surface area is 186 Å². The van der Waals surface area contributed by atoms with Gasteiger partial charge in [-0.15, -0.1) is 11.3 Å². The first-order valence-corrected chi connectivity index (χ1v) is 11.3. The van der Waals surface area contributed by atoms with Gasteiger partial charge in [-0.05, 0) is 30.3 Å². The third-order valence-corrected chi connectivity index (χ3v) is 7.91. The molecule has 0 bridgehead atoms. The molecule has 5 rings (SSSR count). The number of nitrogens with zero attached hydrogens (tertiary/aromatic N) is 5. The van der Waals surface area contributed by atoms with Crippen LogP contribution in [0.5, 0.6) is 0 Å². The number of fused-ring (bicyclic) bond motifs is 1. The molecule has 1 aliphatic heterocycles. The van der Waals surface area contributed by atoms with E-state index in [4.69, 9.17) is 5.26 Å². The molecule has 1 saturated heterocycles. The molecule has 9 heteroatoms. The van der Waals surface area contributed by atoms with Crippen molar-refractivity contribution in [3.05, 3.63) is 59.7 Å². The lowest BCUT2D eigenvalue weighted by Gasteiger charge is -2.11. The molecule has 154 valence electrons. The van der Waals surface area contributed by atoms with E-state index in [0.29, 0.717) is 24.0 Å². The van der Waals surface area contributed by atoms with E-state index < -0.39 is 0 Å². The minimum absolute atomic E-state index is 0.227. The maximum Gasteiger partial charge on any atom is 0.448 e. The number of likely N-dealkylation sites (tertiary alicyclic amines) is 1. The van der Waals surface area contributed by atoms with Crippen LogP contribution in [0.3, 0.4) is 0 Å². The summed E-state index contributed by atoms with van der Waals surface area (Å²) in [5, 5.41) is 9.51. The molecule has 0 radical (unpaired) electrons. The highest BCUT2D eigenvalue weighted by Gasteiger charge is 2.70. The van der Waals surface area contributed by atoms with Crippen molar-refractivity contribution in [2.75, 3.05) is 13.1 Å². The quantitative estimate of drug-likeness (QED) is 0.333. The number of thiazole rings is 1. The summed E-state index contributed by atoms with van der Waals surface area (Å²) in [6.45, 7) is 5.22. The molecule has 1 saturated carbocycles. The van der Waals surface area contributed by atoms with E-state index in [2.05, 4.69) is 22.9 Å². The number of amides is 1. The van der Waals surface area contributed by atoms with Crippen molar-refractivity contribution in [3.63, 3.8) is 0 Å². The van der Waals surface area contributed by atoms with Gasteiger partial charge in [0, 0.05) is 46.9 Å². The molecule has 1 aromatic carbocycles. The highest BCUT2D eigenvalue weighted by Crippen LogP contribution is 2.52. The minimum atomic E-state index is -0.351. The molecule has 3 heterocycles. The fourth-order valence-corrected chi connectivity index (χ4v) is 5.93. The minimum Gasteiger partial charge on any atom is -0.303 e. The van der Waals surface area contributed by atoms with Crippen LogP contribution in [0.25, 0.3) is 10.4 Å². The summed E-state index contributed by atoms with van der Waals surface area (Å²) in [4.78, 5) is 26.0. The maximum absolute atomic E-state index is 13.2. The highest BCUT2D eigenvalue weighted by atomic mass is 32.2. The van der Waals surface area contributed by atoms with Crippen LogP contribution < -0.4 is 0 Å². The van der Waals surface area contributed by atoms with Crippen molar-refractivity contribution in [2.24, 2.45) is 5.92 Å². The van der Waals surface area contributed by atoms with Gasteiger partial charge in [0.15, 0.2) is 11.7 Å². The van der Waals surface area contributed by atoms with Crippen LogP contribution in [0.15, 0.2) is 58.7 Å². The Hall–Kier alpha value is -3.09. The van der Waals surface area contributed by atoms with E-state index in [-0.39, 0.29) is 17.3 Å². The van der Waals surface area contributed by atoms with Crippen LogP contribution in [0.4, 0.5) is 4.39 Å². The number of piperidine rings is 1. The number of aromatic nitrogens is 2. The highest BCUT2D eigenvalue weighted by molar-refractivity contribution is 7.99. The summed E-state index contributed by atoms with van der Waals surface area (Å²) in [7, 11) is 0. The molecule has 1 aliphatic carbocycles. The Bertz CT molecular complexity index is 1240. The number of hydrogen-bond donors (Lipinski definition) is 0. The van der Waals surface area contributed by atoms with Crippen LogP contribution in [0.2, 0.25) is 0 Å². The summed E-state index contributed by atoms with van der Waals surface area (Å²) in [5.41, 5.74) is 0.513. The summed E-state index contributed by atoms with van der Waals surface area (Å²) in [5.74, 6) is -0.208. The number of halogens is 1. The second kappa shape index (κ2) is 7.55. The second-order valence-corrected chi connectivity index (χ2v) is 9.82. The predicted octanol–water partition coefficient (Wildman–Crippen LogP) is 3.90. The Morgan fingerprint density at radius 2 is 2.16 bits per heavy atom. The van der Waals surface area contributed by atoms with Gasteiger partial charge in [0.1, 0.15) is 12.5 Å². The van der Waals surface area contributed by atoms with Crippen molar-refractivity contribution in [1.82, 2.24) is 14.9 Å². The Morgan fingerprint density at radius 3 is 2.90 bits per heavy atom. The average Bonchev–Trinajstić information content (AvgIpc) is 3.14. The molecule has 1 amide bonds. The molecule has 2 atom stereocenters. The van der Waals surface area contributed by atoms with E-state index in [0.717, 1.165) is 26.7 Å². The molecule has 0 spiro atoms. The monoisotopic (exact) mass is 450 g/mol. The number of pyridine rings is 1. The number of rotatable bonds is 5. The smallest absolute Gasteiger partial charge is 0.303 e. The van der Waals surface area contributed by atoms with Gasteiger partial charge >= 0.3 is 5.91 Å². The zero-order valence-electron chi connectivity index (χ0n) is 16.4. The lowest BCUT2D eigenvalue weighted by molar-refractivity contribution is -0.480. The van der Waals surface area contributed by atoms with Crippen LogP contribution in [-0.4, -0.2) is 50.7 Å². The van der Waals surface area contributed by atoms with Gasteiger partial charge in [-0.2, -0.15) is 9.84 Å². The lowest BCUT2D eigenvalue weighted by Crippen LogP contribution is -2.37. The van der Waals surface area contributed by atoms with E-state index in [9.17, 15) is 9.18 Å². The van der Waals surface area contributed by atoms with Gasteiger partial charge in [-0.25, -0.2) is 14.2 Å². The zero-order valence-corrected chi connectivity index (χ0v) is 18.0. The molecule has 2 aromatic heterocycles. The molecule has 1 unspecified atom stereocenters. The van der Waals surface area contributed by atoms with Gasteiger partial charge in [-0.3, -0.25) is 4.98 Å². The van der Waals surface area contributed by atoms with Crippen molar-refractivity contribution in [3.8, 4) is 16.6 Å². The van der Waals surface area contributed by atoms with E-state index in [1.54, 1.807) is 35.6 Å². The molecule has 31 heavy (non-hydrogen) atoms. The van der Waals surface area contributed by atoms with Gasteiger partial charge < -0.3 is 4.90 Å². The SMILES string of the molecule is C=[N+](C(=O)c1ncc(-c2cnccc2Sc2ccc(F)cc2)s1)[C@]12CC1CN(C#N)C2. The van der Waals surface area contributed by atoms with Gasteiger partial charge in [0.05, 0.1) is 17.3 Å². The number of nitriles is 1. The first-order valence-electron chi connectivity index (χ1n) is 9.63. The second-order valence-electron chi connectivity index (χ2n) is 7.68. The number of carbonyl (C=O) groups is 1. The first-order chi connectivity index (χ1) is 15.0. The number of carbonyl (C=O) groups excluding carboxylic acids is 1. The van der Waals surface area contributed by atoms with Crippen molar-refractivity contribution in [2.45, 2.75) is 21.8 Å². The van der Waals surface area contributed by atoms with Crippen molar-refractivity contribution >= 4 is 35.7 Å². The fourth-order valence-electron chi connectivity index (χ4n) is 4.05. The van der Waals surface area contributed by atoms with Gasteiger partial charge in [0.2, 0.25) is 5.01 Å². The molecule has 2 aliphatic rings. The summed E-state index contributed by atoms with van der Waals surface area (Å²) < 4.78 is 14.7. The standard InChI is InChI=1S/C22H17FN5OS2/c1-27(22-8-14(22)11-28(12-22)13-24)21(29)20-26-10-19(31-20)17-9-25-7-6-18(17)30-16-4-2-15(23)3-5-16/h2-7,9-10,14H,1,8,11-12H2/q+1/t14?,22-/m0/s1. The van der Waals surface area contributed by atoms with Crippen LogP contribution in [0.1, 0.15) is 16.2 Å². The maximum atomic E-state index is 13.2.